The first kappa shape index (κ1) is 25.7. The van der Waals surface area contributed by atoms with Crippen molar-refractivity contribution in [3.8, 4) is 0 Å². The number of nitrogens with zero attached hydrogens (tertiary/aromatic N) is 4. The zero-order valence-corrected chi connectivity index (χ0v) is 21.7. The van der Waals surface area contributed by atoms with E-state index < -0.39 is 5.54 Å². The predicted octanol–water partition coefficient (Wildman–Crippen LogP) is 2.28. The van der Waals surface area contributed by atoms with Gasteiger partial charge in [0.05, 0.1) is 47.0 Å². The lowest BCUT2D eigenvalue weighted by molar-refractivity contribution is -0.154. The van der Waals surface area contributed by atoms with Crippen molar-refractivity contribution >= 4 is 51.5 Å². The normalized spacial score (nSPS) is 17.1. The van der Waals surface area contributed by atoms with Crippen LogP contribution in [0.3, 0.4) is 0 Å². The zero-order chi connectivity index (χ0) is 26.2. The standard InChI is InChI=1S/C26H27Cl2N5O4/c27-21-5-2-17(11-22(21)28)1-4-19(34)13-33-16-30-23-6-3-18(12-20(23)24(33)35)31-7-9-32(10-8-31)25(36)26(29)14-37-15-26/h2-3,5-6,11-12,16H,1,4,7-10,13-15,29H2. The number of Topliss-reactive ketones (excluding diaryl/α,β-unsaturated/α-hetero) is 1. The lowest BCUT2D eigenvalue weighted by Crippen LogP contribution is -2.68. The summed E-state index contributed by atoms with van der Waals surface area (Å²) in [6.07, 6.45) is 2.18. The first-order valence-corrected chi connectivity index (χ1v) is 12.8. The molecule has 2 N–H and O–H groups in total. The maximum Gasteiger partial charge on any atom is 0.261 e. The Kier molecular flexibility index (Phi) is 7.22. The predicted molar refractivity (Wildman–Crippen MR) is 142 cm³/mol. The van der Waals surface area contributed by atoms with Crippen molar-refractivity contribution in [2.24, 2.45) is 5.73 Å². The van der Waals surface area contributed by atoms with Crippen LogP contribution in [0, 0.1) is 0 Å². The third kappa shape index (κ3) is 5.36. The van der Waals surface area contributed by atoms with Gasteiger partial charge in [0.15, 0.2) is 5.78 Å². The number of nitrogens with two attached hydrogens (primary N) is 1. The highest BCUT2D eigenvalue weighted by Crippen LogP contribution is 2.24. The van der Waals surface area contributed by atoms with E-state index in [2.05, 4.69) is 9.88 Å². The Morgan fingerprint density at radius 1 is 1.03 bits per heavy atom. The number of aromatic nitrogens is 2. The number of hydrogen-bond acceptors (Lipinski definition) is 7. The number of rotatable bonds is 7. The third-order valence-electron chi connectivity index (χ3n) is 6.91. The van der Waals surface area contributed by atoms with E-state index in [9.17, 15) is 14.4 Å². The van der Waals surface area contributed by atoms with Crippen LogP contribution in [0.1, 0.15) is 12.0 Å². The molecule has 0 bridgehead atoms. The summed E-state index contributed by atoms with van der Waals surface area (Å²) in [4.78, 5) is 46.7. The van der Waals surface area contributed by atoms with E-state index in [1.54, 1.807) is 23.1 Å². The Labute approximate surface area is 223 Å². The quantitative estimate of drug-likeness (QED) is 0.486. The van der Waals surface area contributed by atoms with Gasteiger partial charge in [0.1, 0.15) is 5.54 Å². The third-order valence-corrected chi connectivity index (χ3v) is 7.65. The molecule has 0 atom stereocenters. The van der Waals surface area contributed by atoms with Gasteiger partial charge >= 0.3 is 0 Å². The van der Waals surface area contributed by atoms with Gasteiger partial charge in [0.25, 0.3) is 5.56 Å². The minimum atomic E-state index is -0.902. The van der Waals surface area contributed by atoms with Gasteiger partial charge in [-0.1, -0.05) is 29.3 Å². The number of piperazine rings is 1. The highest BCUT2D eigenvalue weighted by molar-refractivity contribution is 6.42. The van der Waals surface area contributed by atoms with Crippen LogP contribution in [0.5, 0.6) is 0 Å². The van der Waals surface area contributed by atoms with Crippen molar-refractivity contribution in [3.63, 3.8) is 0 Å². The van der Waals surface area contributed by atoms with Crippen LogP contribution in [0.2, 0.25) is 10.0 Å². The lowest BCUT2D eigenvalue weighted by Gasteiger charge is -2.43. The fraction of sp³-hybridized carbons (Fsp3) is 0.385. The molecule has 0 saturated carbocycles. The number of fused-ring (bicyclic) bond motifs is 1. The Balaban J connectivity index is 1.24. The number of benzene rings is 2. The second-order valence-electron chi connectivity index (χ2n) is 9.59. The fourth-order valence-electron chi connectivity index (χ4n) is 4.63. The molecule has 2 fully saturated rings. The van der Waals surface area contributed by atoms with Crippen LogP contribution in [0.25, 0.3) is 10.9 Å². The summed E-state index contributed by atoms with van der Waals surface area (Å²) in [5.74, 6) is -0.159. The van der Waals surface area contributed by atoms with Crippen molar-refractivity contribution in [2.45, 2.75) is 24.9 Å². The molecule has 0 spiro atoms. The molecule has 5 rings (SSSR count). The largest absolute Gasteiger partial charge is 0.376 e. The second kappa shape index (κ2) is 10.4. The molecule has 2 aromatic carbocycles. The number of carbonyl (C=O) groups is 2. The maximum absolute atomic E-state index is 13.2. The van der Waals surface area contributed by atoms with Crippen LogP contribution in [0.4, 0.5) is 5.69 Å². The number of ether oxygens (including phenoxy) is 1. The summed E-state index contributed by atoms with van der Waals surface area (Å²) < 4.78 is 6.47. The van der Waals surface area contributed by atoms with E-state index in [1.807, 2.05) is 18.2 Å². The van der Waals surface area contributed by atoms with Crippen molar-refractivity contribution in [1.82, 2.24) is 14.5 Å². The molecule has 0 unspecified atom stereocenters. The molecule has 2 saturated heterocycles. The Morgan fingerprint density at radius 3 is 2.46 bits per heavy atom. The molecule has 37 heavy (non-hydrogen) atoms. The van der Waals surface area contributed by atoms with E-state index in [1.165, 1.54) is 10.9 Å². The topological polar surface area (TPSA) is 111 Å². The first-order valence-electron chi connectivity index (χ1n) is 12.1. The van der Waals surface area contributed by atoms with E-state index >= 15 is 0 Å². The molecule has 1 aromatic heterocycles. The van der Waals surface area contributed by atoms with Gasteiger partial charge in [-0.3, -0.25) is 19.0 Å². The fourth-order valence-corrected chi connectivity index (χ4v) is 4.95. The Bertz CT molecular complexity index is 1410. The van der Waals surface area contributed by atoms with Crippen molar-refractivity contribution in [1.29, 1.82) is 0 Å². The second-order valence-corrected chi connectivity index (χ2v) is 10.4. The summed E-state index contributed by atoms with van der Waals surface area (Å²) in [5, 5.41) is 1.36. The summed E-state index contributed by atoms with van der Waals surface area (Å²) in [6.45, 7) is 2.78. The monoisotopic (exact) mass is 543 g/mol. The molecule has 11 heteroatoms. The van der Waals surface area contributed by atoms with E-state index in [0.717, 1.165) is 11.3 Å². The van der Waals surface area contributed by atoms with Gasteiger partial charge < -0.3 is 20.3 Å². The molecule has 2 aliphatic heterocycles. The van der Waals surface area contributed by atoms with Gasteiger partial charge in [-0.2, -0.15) is 0 Å². The first-order chi connectivity index (χ1) is 17.7. The molecule has 9 nitrogen and oxygen atoms in total. The smallest absolute Gasteiger partial charge is 0.261 e. The average Bonchev–Trinajstić information content (AvgIpc) is 2.89. The van der Waals surface area contributed by atoms with Gasteiger partial charge in [-0.05, 0) is 42.3 Å². The lowest BCUT2D eigenvalue weighted by atomic mass is 9.96. The SMILES string of the molecule is NC1(C(=O)N2CCN(c3ccc4ncn(CC(=O)CCc5ccc(Cl)c(Cl)c5)c(=O)c4c3)CC2)COC1. The van der Waals surface area contributed by atoms with Crippen molar-refractivity contribution < 1.29 is 14.3 Å². The molecule has 1 amide bonds. The number of carbonyl (C=O) groups excluding carboxylic acids is 2. The van der Waals surface area contributed by atoms with E-state index in [0.29, 0.717) is 53.5 Å². The number of halogens is 2. The summed E-state index contributed by atoms with van der Waals surface area (Å²) in [7, 11) is 0. The van der Waals surface area contributed by atoms with Gasteiger partial charge in [0.2, 0.25) is 5.91 Å². The number of anilines is 1. The summed E-state index contributed by atoms with van der Waals surface area (Å²) >= 11 is 12.0. The van der Waals surface area contributed by atoms with Gasteiger partial charge in [-0.15, -0.1) is 0 Å². The molecule has 2 aliphatic rings. The molecular formula is C26H27Cl2N5O4. The highest BCUT2D eigenvalue weighted by atomic mass is 35.5. The zero-order valence-electron chi connectivity index (χ0n) is 20.2. The highest BCUT2D eigenvalue weighted by Gasteiger charge is 2.45. The average molecular weight is 544 g/mol. The number of aryl methyl sites for hydroxylation is 1. The maximum atomic E-state index is 13.2. The molecule has 0 radical (unpaired) electrons. The Hall–Kier alpha value is -2.98. The molecular weight excluding hydrogens is 517 g/mol. The molecule has 194 valence electrons. The molecule has 3 aromatic rings. The van der Waals surface area contributed by atoms with E-state index in [4.69, 9.17) is 33.7 Å². The summed E-state index contributed by atoms with van der Waals surface area (Å²) in [6, 6.07) is 10.8. The van der Waals surface area contributed by atoms with Crippen LogP contribution in [-0.2, 0) is 27.3 Å². The number of ketones is 1. The van der Waals surface area contributed by atoms with Crippen molar-refractivity contribution in [3.05, 3.63) is 68.7 Å². The Morgan fingerprint density at radius 2 is 1.78 bits per heavy atom. The van der Waals surface area contributed by atoms with Crippen molar-refractivity contribution in [2.75, 3.05) is 44.3 Å². The van der Waals surface area contributed by atoms with Crippen LogP contribution >= 0.6 is 23.2 Å². The number of hydrogen-bond donors (Lipinski definition) is 1. The van der Waals surface area contributed by atoms with Gasteiger partial charge in [0, 0.05) is 38.3 Å². The minimum Gasteiger partial charge on any atom is -0.376 e. The molecule has 3 heterocycles. The van der Waals surface area contributed by atoms with Crippen LogP contribution in [-0.4, -0.2) is 71.1 Å². The van der Waals surface area contributed by atoms with Crippen LogP contribution in [0.15, 0.2) is 47.5 Å². The molecule has 0 aliphatic carbocycles. The number of amides is 1. The van der Waals surface area contributed by atoms with E-state index in [-0.39, 0.29) is 43.4 Å². The van der Waals surface area contributed by atoms with Gasteiger partial charge in [-0.25, -0.2) is 4.98 Å². The minimum absolute atomic E-state index is 0.0569. The van der Waals surface area contributed by atoms with Crippen LogP contribution < -0.4 is 16.2 Å². The summed E-state index contributed by atoms with van der Waals surface area (Å²) in [5.41, 5.74) is 7.28.